The van der Waals surface area contributed by atoms with Gasteiger partial charge in [0.1, 0.15) is 19.0 Å². The Labute approximate surface area is 357 Å². The van der Waals surface area contributed by atoms with E-state index in [1.807, 2.05) is 83.6 Å². The fourth-order valence-corrected chi connectivity index (χ4v) is 8.99. The molecule has 0 spiro atoms. The number of carbonyl (C=O) groups is 2. The zero-order valence-electron chi connectivity index (χ0n) is 35.1. The van der Waals surface area contributed by atoms with Crippen LogP contribution in [-0.2, 0) is 41.9 Å². The molecule has 0 fully saturated rings. The van der Waals surface area contributed by atoms with Gasteiger partial charge in [-0.2, -0.15) is 0 Å². The van der Waals surface area contributed by atoms with Gasteiger partial charge in [-0.25, -0.2) is 0 Å². The largest absolute Gasteiger partial charge is 0.493 e. The summed E-state index contributed by atoms with van der Waals surface area (Å²) in [5.74, 6) is 1.71. The van der Waals surface area contributed by atoms with Crippen molar-refractivity contribution in [2.45, 2.75) is 71.2 Å². The first kappa shape index (κ1) is 40.2. The predicted molar refractivity (Wildman–Crippen MR) is 238 cm³/mol. The molecule has 2 atom stereocenters. The molecular formula is C50H52N4O7. The van der Waals surface area contributed by atoms with Gasteiger partial charge in [-0.3, -0.25) is 19.5 Å². The minimum Gasteiger partial charge on any atom is -0.493 e. The number of methoxy groups -OCH3 is 1. The molecule has 0 unspecified atom stereocenters. The Bertz CT molecular complexity index is 2480. The van der Waals surface area contributed by atoms with Gasteiger partial charge in [-0.1, -0.05) is 43.3 Å². The van der Waals surface area contributed by atoms with Gasteiger partial charge in [0.05, 0.1) is 44.2 Å². The number of amides is 2. The van der Waals surface area contributed by atoms with Crippen LogP contribution < -0.4 is 29.3 Å². The highest BCUT2D eigenvalue weighted by atomic mass is 16.5. The number of fused-ring (bicyclic) bond motifs is 8. The van der Waals surface area contributed by atoms with Crippen LogP contribution in [0.15, 0.2) is 96.0 Å². The Morgan fingerprint density at radius 2 is 1.39 bits per heavy atom. The van der Waals surface area contributed by atoms with Crippen molar-refractivity contribution in [2.24, 2.45) is 4.99 Å². The van der Waals surface area contributed by atoms with Crippen LogP contribution in [0.4, 0.5) is 22.7 Å². The Balaban J connectivity index is 0.925. The normalized spacial score (nSPS) is 17.1. The van der Waals surface area contributed by atoms with Crippen LogP contribution in [0.1, 0.15) is 73.9 Å². The van der Waals surface area contributed by atoms with Crippen LogP contribution in [0.3, 0.4) is 0 Å². The number of aryl methyl sites for hydroxylation is 2. The van der Waals surface area contributed by atoms with Crippen molar-refractivity contribution in [1.29, 1.82) is 0 Å². The lowest BCUT2D eigenvalue weighted by Gasteiger charge is -2.23. The highest BCUT2D eigenvalue weighted by molar-refractivity contribution is 6.14. The van der Waals surface area contributed by atoms with Crippen molar-refractivity contribution < 1.29 is 33.3 Å². The minimum atomic E-state index is -0.123. The van der Waals surface area contributed by atoms with Gasteiger partial charge in [-0.05, 0) is 115 Å². The van der Waals surface area contributed by atoms with Crippen LogP contribution in [0.25, 0.3) is 0 Å². The van der Waals surface area contributed by atoms with Gasteiger partial charge in [0.15, 0.2) is 11.5 Å². The number of rotatable bonds is 16. The summed E-state index contributed by atoms with van der Waals surface area (Å²) in [5.41, 5.74) is 10.7. The summed E-state index contributed by atoms with van der Waals surface area (Å²) in [6.45, 7) is 7.55. The first-order valence-corrected chi connectivity index (χ1v) is 21.4. The number of nitrogens with one attached hydrogen (secondary N) is 1. The second-order valence-corrected chi connectivity index (χ2v) is 16.1. The molecule has 314 valence electrons. The lowest BCUT2D eigenvalue weighted by atomic mass is 9.99. The van der Waals surface area contributed by atoms with E-state index >= 15 is 0 Å². The molecule has 0 radical (unpaired) electrons. The van der Waals surface area contributed by atoms with Gasteiger partial charge < -0.3 is 33.9 Å². The maximum Gasteiger partial charge on any atom is 0.261 e. The summed E-state index contributed by atoms with van der Waals surface area (Å²) in [6.07, 6.45) is 6.09. The molecule has 0 saturated carbocycles. The molecule has 11 heteroatoms. The zero-order chi connectivity index (χ0) is 41.9. The van der Waals surface area contributed by atoms with Crippen LogP contribution in [0.5, 0.6) is 17.2 Å². The number of ether oxygens (including phenoxy) is 5. The van der Waals surface area contributed by atoms with Crippen molar-refractivity contribution in [1.82, 2.24) is 0 Å². The highest BCUT2D eigenvalue weighted by Gasteiger charge is 2.38. The maximum absolute atomic E-state index is 14.0. The summed E-state index contributed by atoms with van der Waals surface area (Å²) >= 11 is 0. The van der Waals surface area contributed by atoms with E-state index in [2.05, 4.69) is 42.6 Å². The molecule has 0 bridgehead atoms. The number of anilines is 3. The van der Waals surface area contributed by atoms with Crippen molar-refractivity contribution >= 4 is 40.8 Å². The Morgan fingerprint density at radius 3 is 2.15 bits per heavy atom. The van der Waals surface area contributed by atoms with Gasteiger partial charge in [0.2, 0.25) is 0 Å². The van der Waals surface area contributed by atoms with E-state index in [0.717, 1.165) is 83.6 Å². The number of hydrogen-bond donors (Lipinski definition) is 1. The molecule has 5 aromatic rings. The van der Waals surface area contributed by atoms with Gasteiger partial charge >= 0.3 is 0 Å². The van der Waals surface area contributed by atoms with Crippen molar-refractivity contribution in [3.63, 3.8) is 0 Å². The third kappa shape index (κ3) is 8.32. The van der Waals surface area contributed by atoms with Crippen LogP contribution >= 0.6 is 0 Å². The van der Waals surface area contributed by atoms with Crippen LogP contribution in [0.2, 0.25) is 0 Å². The van der Waals surface area contributed by atoms with Crippen molar-refractivity contribution in [3.8, 4) is 17.2 Å². The monoisotopic (exact) mass is 820 g/mol. The van der Waals surface area contributed by atoms with E-state index in [1.165, 1.54) is 5.56 Å². The Morgan fingerprint density at radius 1 is 0.705 bits per heavy atom. The molecule has 11 nitrogen and oxygen atoms in total. The fourth-order valence-electron chi connectivity index (χ4n) is 8.99. The molecule has 1 N–H and O–H groups in total. The number of aliphatic imine (C=N–C) groups is 1. The first-order chi connectivity index (χ1) is 29.9. The lowest BCUT2D eigenvalue weighted by Crippen LogP contribution is -2.37. The highest BCUT2D eigenvalue weighted by Crippen LogP contribution is 2.42. The smallest absolute Gasteiger partial charge is 0.261 e. The van der Waals surface area contributed by atoms with Crippen molar-refractivity contribution in [2.75, 3.05) is 55.2 Å². The van der Waals surface area contributed by atoms with E-state index < -0.39 is 0 Å². The average molecular weight is 821 g/mol. The second-order valence-electron chi connectivity index (χ2n) is 16.1. The molecule has 61 heavy (non-hydrogen) atoms. The van der Waals surface area contributed by atoms with E-state index in [-0.39, 0.29) is 37.1 Å². The average Bonchev–Trinajstić information content (AvgIpc) is 3.77. The number of carbonyl (C=O) groups excluding carboxylic acids is 2. The lowest BCUT2D eigenvalue weighted by molar-refractivity contribution is 0.0519. The SMILES string of the molecule is CCCOCCOCCNc1cc(COc2cc3c(cc2C)C(=O)N2c4ccccc4C[C@@H]2C=N3)cc(COc2cc3c(cc2OC)C(=O)N2c4ccccc4C[C@H]2CC3)c1. The van der Waals surface area contributed by atoms with E-state index in [9.17, 15) is 9.59 Å². The van der Waals surface area contributed by atoms with E-state index in [0.29, 0.717) is 60.4 Å². The van der Waals surface area contributed by atoms with E-state index in [4.69, 9.17) is 28.7 Å². The third-order valence-electron chi connectivity index (χ3n) is 11.9. The molecule has 5 aromatic carbocycles. The molecular weight excluding hydrogens is 769 g/mol. The van der Waals surface area contributed by atoms with Gasteiger partial charge in [-0.15, -0.1) is 0 Å². The summed E-state index contributed by atoms with van der Waals surface area (Å²) in [4.78, 5) is 36.6. The molecule has 4 aliphatic heterocycles. The number of para-hydroxylation sites is 2. The first-order valence-electron chi connectivity index (χ1n) is 21.4. The Kier molecular flexibility index (Phi) is 11.8. The minimum absolute atomic E-state index is 0.00224. The molecule has 0 aliphatic carbocycles. The summed E-state index contributed by atoms with van der Waals surface area (Å²) in [6, 6.07) is 30.0. The molecule has 0 aromatic heterocycles. The standard InChI is InChI=1S/C50H52N4O7/c1-4-16-58-18-19-59-17-15-51-38-22-33(30-60-46-28-43-42(20-32(46)2)50(56)54-40(29-52-43)25-37-10-6-8-12-45(37)54)21-34(23-38)31-61-48-26-35-13-14-39-24-36-9-5-7-11-44(36)53(39)49(55)41(35)27-47(48)57-3/h5-12,20-23,26-29,39-40,51H,4,13-19,24-25,30-31H2,1-3H3/t39-,40-/m1/s1. The summed E-state index contributed by atoms with van der Waals surface area (Å²) in [7, 11) is 1.61. The number of benzene rings is 5. The third-order valence-corrected chi connectivity index (χ3v) is 11.9. The summed E-state index contributed by atoms with van der Waals surface area (Å²) in [5, 5.41) is 3.51. The van der Waals surface area contributed by atoms with Gasteiger partial charge in [0.25, 0.3) is 11.8 Å². The quantitative estimate of drug-likeness (QED) is 0.0984. The van der Waals surface area contributed by atoms with E-state index in [1.54, 1.807) is 7.11 Å². The van der Waals surface area contributed by atoms with Crippen molar-refractivity contribution in [3.05, 3.63) is 136 Å². The molecule has 4 aliphatic rings. The van der Waals surface area contributed by atoms with Crippen LogP contribution in [-0.4, -0.2) is 70.2 Å². The number of hydrogen-bond acceptors (Lipinski definition) is 9. The molecule has 2 amide bonds. The zero-order valence-corrected chi connectivity index (χ0v) is 35.1. The molecule has 9 rings (SSSR count). The number of nitrogens with zero attached hydrogens (tertiary/aromatic N) is 3. The predicted octanol–water partition coefficient (Wildman–Crippen LogP) is 8.82. The maximum atomic E-state index is 14.0. The fraction of sp³-hybridized carbons (Fsp3) is 0.340. The Hall–Kier alpha value is -6.17. The summed E-state index contributed by atoms with van der Waals surface area (Å²) < 4.78 is 30.2. The van der Waals surface area contributed by atoms with Crippen LogP contribution in [0, 0.1) is 6.92 Å². The molecule has 0 saturated heterocycles. The molecule has 4 heterocycles. The topological polar surface area (TPSA) is 111 Å². The second kappa shape index (κ2) is 17.8. The van der Waals surface area contributed by atoms with Gasteiger partial charge in [0, 0.05) is 60.5 Å².